The summed E-state index contributed by atoms with van der Waals surface area (Å²) in [5.41, 5.74) is 0. The lowest BCUT2D eigenvalue weighted by Gasteiger charge is -2.28. The van der Waals surface area contributed by atoms with E-state index < -0.39 is 26.5 Å². The number of phosphoric acid groups is 1. The van der Waals surface area contributed by atoms with E-state index in [4.69, 9.17) is 18.5 Å². The van der Waals surface area contributed by atoms with Crippen molar-refractivity contribution in [3.63, 3.8) is 0 Å². The monoisotopic (exact) mass is 1230 g/mol. The van der Waals surface area contributed by atoms with Crippen LogP contribution in [0.15, 0.2) is 36.5 Å². The molecule has 0 rings (SSSR count). The zero-order chi connectivity index (χ0) is 62.6. The topological polar surface area (TPSA) is 111 Å². The van der Waals surface area contributed by atoms with Crippen LogP contribution in [0.1, 0.15) is 386 Å². The lowest BCUT2D eigenvalue weighted by atomic mass is 10.0. The van der Waals surface area contributed by atoms with E-state index in [9.17, 15) is 19.0 Å². The molecule has 0 aromatic carbocycles. The average Bonchev–Trinajstić information content (AvgIpc) is 3.56. The predicted molar refractivity (Wildman–Crippen MR) is 370 cm³/mol. The number of nitrogens with zero attached hydrogens (tertiary/aromatic N) is 1. The van der Waals surface area contributed by atoms with Gasteiger partial charge in [-0.25, -0.2) is 0 Å². The van der Waals surface area contributed by atoms with Gasteiger partial charge in [-0.15, -0.1) is 0 Å². The molecular weight excluding hydrogens is 1090 g/mol. The first-order valence-corrected chi connectivity index (χ1v) is 39.2. The average molecular weight is 1230 g/mol. The second-order valence-electron chi connectivity index (χ2n) is 27.0. The maximum atomic E-state index is 12.9. The van der Waals surface area contributed by atoms with Crippen LogP contribution >= 0.6 is 7.82 Å². The fourth-order valence-corrected chi connectivity index (χ4v) is 12.1. The van der Waals surface area contributed by atoms with Crippen molar-refractivity contribution in [1.29, 1.82) is 0 Å². The van der Waals surface area contributed by atoms with Crippen LogP contribution in [0.3, 0.4) is 0 Å². The Morgan fingerprint density at radius 3 is 0.930 bits per heavy atom. The summed E-state index contributed by atoms with van der Waals surface area (Å²) in [6.45, 7) is 4.29. The van der Waals surface area contributed by atoms with Gasteiger partial charge in [-0.1, -0.05) is 359 Å². The number of esters is 2. The summed E-state index contributed by atoms with van der Waals surface area (Å²) in [4.78, 5) is 38.1. The number of hydrogen-bond donors (Lipinski definition) is 0. The lowest BCUT2D eigenvalue weighted by molar-refractivity contribution is -0.870. The highest BCUT2D eigenvalue weighted by Crippen LogP contribution is 2.38. The molecule has 0 aromatic rings. The van der Waals surface area contributed by atoms with Crippen LogP contribution in [0.25, 0.3) is 0 Å². The van der Waals surface area contributed by atoms with E-state index in [0.717, 1.165) is 57.8 Å². The van der Waals surface area contributed by atoms with Gasteiger partial charge in [0.25, 0.3) is 7.82 Å². The Labute approximate surface area is 535 Å². The highest BCUT2D eigenvalue weighted by atomic mass is 31.2. The van der Waals surface area contributed by atoms with E-state index in [1.807, 2.05) is 21.1 Å². The minimum Gasteiger partial charge on any atom is -0.756 e. The Morgan fingerprint density at radius 1 is 0.360 bits per heavy atom. The fraction of sp³-hybridized carbons (Fsp3) is 0.895. The molecule has 0 N–H and O–H groups in total. The van der Waals surface area contributed by atoms with Gasteiger partial charge in [-0.2, -0.15) is 0 Å². The Balaban J connectivity index is 3.90. The summed E-state index contributed by atoms with van der Waals surface area (Å²) in [7, 11) is 1.18. The molecule has 86 heavy (non-hydrogen) atoms. The zero-order valence-electron chi connectivity index (χ0n) is 58.0. The third kappa shape index (κ3) is 71.3. The Morgan fingerprint density at radius 2 is 0.628 bits per heavy atom. The van der Waals surface area contributed by atoms with Gasteiger partial charge < -0.3 is 27.9 Å². The van der Waals surface area contributed by atoms with Gasteiger partial charge in [0.15, 0.2) is 6.10 Å². The molecule has 0 amide bonds. The van der Waals surface area contributed by atoms with Crippen LogP contribution in [-0.4, -0.2) is 70.0 Å². The second-order valence-corrected chi connectivity index (χ2v) is 28.4. The smallest absolute Gasteiger partial charge is 0.306 e. The van der Waals surface area contributed by atoms with Crippen LogP contribution < -0.4 is 4.89 Å². The normalized spacial score (nSPS) is 13.2. The van der Waals surface area contributed by atoms with Crippen molar-refractivity contribution in [2.75, 3.05) is 47.5 Å². The molecule has 2 unspecified atom stereocenters. The molecule has 9 nitrogen and oxygen atoms in total. The molecule has 0 bridgehead atoms. The molecule has 508 valence electrons. The van der Waals surface area contributed by atoms with Crippen molar-refractivity contribution in [3.8, 4) is 0 Å². The van der Waals surface area contributed by atoms with E-state index in [1.54, 1.807) is 0 Å². The third-order valence-electron chi connectivity index (χ3n) is 17.2. The largest absolute Gasteiger partial charge is 0.756 e. The minimum absolute atomic E-state index is 0.0309. The molecule has 10 heteroatoms. The van der Waals surface area contributed by atoms with E-state index >= 15 is 0 Å². The first kappa shape index (κ1) is 84.2. The van der Waals surface area contributed by atoms with Crippen LogP contribution in [0.2, 0.25) is 0 Å². The number of unbranched alkanes of at least 4 members (excludes halogenated alkanes) is 51. The summed E-state index contributed by atoms with van der Waals surface area (Å²) in [6, 6.07) is 0. The number of hydrogen-bond acceptors (Lipinski definition) is 8. The molecule has 0 aliphatic heterocycles. The van der Waals surface area contributed by atoms with Crippen LogP contribution in [0, 0.1) is 0 Å². The highest BCUT2D eigenvalue weighted by Gasteiger charge is 2.22. The Bertz CT molecular complexity index is 1540. The summed E-state index contributed by atoms with van der Waals surface area (Å²) in [6.07, 6.45) is 86.9. The number of phosphoric ester groups is 1. The van der Waals surface area contributed by atoms with Gasteiger partial charge in [0.2, 0.25) is 0 Å². The van der Waals surface area contributed by atoms with Crippen molar-refractivity contribution in [2.24, 2.45) is 0 Å². The molecule has 0 fully saturated rings. The van der Waals surface area contributed by atoms with Gasteiger partial charge in [0.05, 0.1) is 27.7 Å². The Kier molecular flexibility index (Phi) is 66.2. The van der Waals surface area contributed by atoms with E-state index in [-0.39, 0.29) is 32.0 Å². The number of ether oxygens (including phenoxy) is 2. The van der Waals surface area contributed by atoms with Crippen molar-refractivity contribution < 1.29 is 42.1 Å². The molecule has 0 spiro atoms. The van der Waals surface area contributed by atoms with Crippen LogP contribution in [0.4, 0.5) is 0 Å². The summed E-state index contributed by atoms with van der Waals surface area (Å²) in [5.74, 6) is -0.823. The molecule has 0 aliphatic rings. The van der Waals surface area contributed by atoms with Gasteiger partial charge in [-0.3, -0.25) is 14.2 Å². The van der Waals surface area contributed by atoms with E-state index in [0.29, 0.717) is 17.4 Å². The number of likely N-dealkylation sites (N-methyl/N-ethyl adjacent to an activating group) is 1. The molecule has 0 aromatic heterocycles. The first-order valence-electron chi connectivity index (χ1n) is 37.7. The maximum absolute atomic E-state index is 12.9. The second kappa shape index (κ2) is 67.6. The molecular formula is C76H146NO8P. The maximum Gasteiger partial charge on any atom is 0.306 e. The van der Waals surface area contributed by atoms with E-state index in [2.05, 4.69) is 50.3 Å². The van der Waals surface area contributed by atoms with Crippen LogP contribution in [0.5, 0.6) is 0 Å². The van der Waals surface area contributed by atoms with Gasteiger partial charge >= 0.3 is 11.9 Å². The minimum atomic E-state index is -4.64. The third-order valence-corrected chi connectivity index (χ3v) is 18.1. The number of carbonyl (C=O) groups excluding carboxylic acids is 2. The molecule has 0 heterocycles. The highest BCUT2D eigenvalue weighted by molar-refractivity contribution is 7.45. The van der Waals surface area contributed by atoms with Crippen molar-refractivity contribution in [2.45, 2.75) is 392 Å². The van der Waals surface area contributed by atoms with Crippen molar-refractivity contribution >= 4 is 19.8 Å². The zero-order valence-corrected chi connectivity index (χ0v) is 58.9. The molecule has 2 atom stereocenters. The molecule has 0 radical (unpaired) electrons. The van der Waals surface area contributed by atoms with Gasteiger partial charge in [-0.05, 0) is 51.4 Å². The number of carbonyl (C=O) groups is 2. The summed E-state index contributed by atoms with van der Waals surface area (Å²) < 4.78 is 34.3. The van der Waals surface area contributed by atoms with Crippen molar-refractivity contribution in [3.05, 3.63) is 36.5 Å². The summed E-state index contributed by atoms with van der Waals surface area (Å²) in [5, 5.41) is 0. The Hall–Kier alpha value is -1.77. The summed E-state index contributed by atoms with van der Waals surface area (Å²) >= 11 is 0. The number of allylic oxidation sites excluding steroid dienone is 6. The molecule has 0 saturated carbocycles. The molecule has 0 aliphatic carbocycles. The molecule has 0 saturated heterocycles. The van der Waals surface area contributed by atoms with E-state index in [1.165, 1.54) is 295 Å². The van der Waals surface area contributed by atoms with Crippen LogP contribution in [-0.2, 0) is 32.7 Å². The standard InChI is InChI=1S/C76H146NO8P/c1-6-8-10-12-14-16-18-20-22-24-26-28-30-31-32-33-34-35-36-37-38-39-40-41-42-43-44-45-47-48-50-52-54-56-58-60-62-64-66-68-75(78)82-72-74(73-84-86(80,81)83-71-70-77(3,4)5)85-76(79)69-67-65-63-61-59-57-55-53-51-49-46-29-27-25-23-21-19-17-15-13-11-9-7-2/h19,21,25,27,46,49,74H,6-18,20,22-24,26,28-45,47-48,50-73H2,1-5H3/b21-19-,27-25-,49-46-. The van der Waals surface area contributed by atoms with Gasteiger partial charge in [0.1, 0.15) is 19.8 Å². The fourth-order valence-electron chi connectivity index (χ4n) is 11.4. The lowest BCUT2D eigenvalue weighted by Crippen LogP contribution is -2.37. The number of rotatable bonds is 71. The first-order chi connectivity index (χ1) is 42.0. The number of quaternary nitrogens is 1. The SMILES string of the molecule is CCCCCCC/C=C\C/C=C\C/C=C\CCCCCCCCCCC(=O)OC(COC(=O)CCCCCCCCCCCCCCCCCCCCCCCCCCCCCCCCCCCCCCCCC)COP(=O)([O-])OCC[N+](C)(C)C. The quantitative estimate of drug-likeness (QED) is 0.0195. The van der Waals surface area contributed by atoms with Gasteiger partial charge in [0, 0.05) is 12.8 Å². The van der Waals surface area contributed by atoms with Crippen molar-refractivity contribution in [1.82, 2.24) is 0 Å². The predicted octanol–water partition coefficient (Wildman–Crippen LogP) is 24.0.